The van der Waals surface area contributed by atoms with E-state index in [-0.39, 0.29) is 11.4 Å². The van der Waals surface area contributed by atoms with Gasteiger partial charge >= 0.3 is 0 Å². The van der Waals surface area contributed by atoms with Gasteiger partial charge < -0.3 is 5.73 Å². The summed E-state index contributed by atoms with van der Waals surface area (Å²) in [6.45, 7) is 0. The Kier molecular flexibility index (Phi) is 2.37. The van der Waals surface area contributed by atoms with Crippen LogP contribution in [0.2, 0.25) is 0 Å². The molecule has 3 heteroatoms. The van der Waals surface area contributed by atoms with Crippen molar-refractivity contribution in [2.45, 2.75) is 31.2 Å². The molecule has 1 aliphatic rings. The zero-order valence-electron chi connectivity index (χ0n) is 9.62. The summed E-state index contributed by atoms with van der Waals surface area (Å²) in [5.41, 5.74) is 8.01. The highest BCUT2D eigenvalue weighted by Gasteiger charge is 2.37. The quantitative estimate of drug-likeness (QED) is 0.880. The van der Waals surface area contributed by atoms with Crippen LogP contribution in [0.15, 0.2) is 30.3 Å². The van der Waals surface area contributed by atoms with Crippen molar-refractivity contribution in [3.05, 3.63) is 41.8 Å². The number of aromatic nitrogens is 1. The lowest BCUT2D eigenvalue weighted by atomic mass is 10.1. The zero-order valence-corrected chi connectivity index (χ0v) is 9.62. The smallest absolute Gasteiger partial charge is 0.123 e. The summed E-state index contributed by atoms with van der Waals surface area (Å²) in [5.74, 6) is -0.217. The van der Waals surface area contributed by atoms with E-state index in [1.165, 1.54) is 12.1 Å². The highest BCUT2D eigenvalue weighted by Crippen LogP contribution is 2.36. The van der Waals surface area contributed by atoms with E-state index in [1.807, 2.05) is 12.1 Å². The second-order valence-corrected chi connectivity index (χ2v) is 5.00. The minimum Gasteiger partial charge on any atom is -0.325 e. The number of fused-ring (bicyclic) bond motifs is 1. The van der Waals surface area contributed by atoms with Crippen molar-refractivity contribution < 1.29 is 4.39 Å². The molecular weight excluding hydrogens is 215 g/mol. The Balaban J connectivity index is 1.83. The summed E-state index contributed by atoms with van der Waals surface area (Å²) in [4.78, 5) is 4.52. The highest BCUT2D eigenvalue weighted by molar-refractivity contribution is 5.78. The molecule has 2 nitrogen and oxygen atoms in total. The molecular formula is C14H15FN2. The van der Waals surface area contributed by atoms with Gasteiger partial charge in [0, 0.05) is 16.6 Å². The Labute approximate surface area is 99.7 Å². The van der Waals surface area contributed by atoms with E-state index < -0.39 is 0 Å². The van der Waals surface area contributed by atoms with Gasteiger partial charge in [0.15, 0.2) is 0 Å². The lowest BCUT2D eigenvalue weighted by Gasteiger charge is -2.08. The molecule has 2 aromatic rings. The van der Waals surface area contributed by atoms with Crippen LogP contribution in [0.1, 0.15) is 25.0 Å². The number of aryl methyl sites for hydroxylation is 1. The molecule has 1 heterocycles. The third-order valence-electron chi connectivity index (χ3n) is 3.48. The van der Waals surface area contributed by atoms with Crippen LogP contribution in [0.3, 0.4) is 0 Å². The molecule has 1 aliphatic carbocycles. The third kappa shape index (κ3) is 2.29. The molecule has 1 saturated carbocycles. The number of nitrogens with two attached hydrogens (primary N) is 1. The van der Waals surface area contributed by atoms with Gasteiger partial charge in [0.05, 0.1) is 5.52 Å². The van der Waals surface area contributed by atoms with Crippen LogP contribution in [0, 0.1) is 5.82 Å². The van der Waals surface area contributed by atoms with E-state index in [4.69, 9.17) is 5.73 Å². The Bertz CT molecular complexity index is 561. The normalized spacial score (nSPS) is 17.3. The van der Waals surface area contributed by atoms with E-state index >= 15 is 0 Å². The van der Waals surface area contributed by atoms with Gasteiger partial charge in [-0.2, -0.15) is 0 Å². The molecule has 0 bridgehead atoms. The fourth-order valence-electron chi connectivity index (χ4n) is 2.07. The second-order valence-electron chi connectivity index (χ2n) is 5.00. The number of pyridine rings is 1. The maximum Gasteiger partial charge on any atom is 0.123 e. The van der Waals surface area contributed by atoms with Crippen LogP contribution in [0.25, 0.3) is 10.9 Å². The van der Waals surface area contributed by atoms with Crippen molar-refractivity contribution in [2.75, 3.05) is 0 Å². The first-order valence-corrected chi connectivity index (χ1v) is 5.99. The van der Waals surface area contributed by atoms with Gasteiger partial charge in [-0.1, -0.05) is 6.07 Å². The van der Waals surface area contributed by atoms with Crippen LogP contribution < -0.4 is 5.73 Å². The van der Waals surface area contributed by atoms with Crippen molar-refractivity contribution in [1.29, 1.82) is 0 Å². The van der Waals surface area contributed by atoms with Gasteiger partial charge in [-0.15, -0.1) is 0 Å². The highest BCUT2D eigenvalue weighted by atomic mass is 19.1. The molecule has 0 unspecified atom stereocenters. The van der Waals surface area contributed by atoms with Gasteiger partial charge in [-0.3, -0.25) is 4.98 Å². The molecule has 0 atom stereocenters. The van der Waals surface area contributed by atoms with Gasteiger partial charge in [0.1, 0.15) is 5.82 Å². The van der Waals surface area contributed by atoms with Crippen LogP contribution in [0.4, 0.5) is 4.39 Å². The second kappa shape index (κ2) is 3.77. The average Bonchev–Trinajstić information content (AvgIpc) is 3.05. The predicted molar refractivity (Wildman–Crippen MR) is 66.2 cm³/mol. The molecule has 3 rings (SSSR count). The van der Waals surface area contributed by atoms with E-state index in [9.17, 15) is 4.39 Å². The molecule has 0 aliphatic heterocycles. The summed E-state index contributed by atoms with van der Waals surface area (Å²) in [6, 6.07) is 8.58. The summed E-state index contributed by atoms with van der Waals surface area (Å²) in [6.07, 6.45) is 4.16. The lowest BCUT2D eigenvalue weighted by Crippen LogP contribution is -2.22. The number of nitrogens with zero attached hydrogens (tertiary/aromatic N) is 1. The monoisotopic (exact) mass is 230 g/mol. The largest absolute Gasteiger partial charge is 0.325 e. The number of rotatable bonds is 3. The molecule has 1 aromatic carbocycles. The van der Waals surface area contributed by atoms with Gasteiger partial charge in [0.25, 0.3) is 0 Å². The SMILES string of the molecule is NC1(CCc2ccc3cc(F)ccc3n2)CC1. The minimum atomic E-state index is -0.217. The first-order chi connectivity index (χ1) is 8.15. The zero-order chi connectivity index (χ0) is 11.9. The maximum absolute atomic E-state index is 13.0. The van der Waals surface area contributed by atoms with Gasteiger partial charge in [-0.05, 0) is 49.9 Å². The molecule has 88 valence electrons. The summed E-state index contributed by atoms with van der Waals surface area (Å²) >= 11 is 0. The van der Waals surface area contributed by atoms with Crippen molar-refractivity contribution >= 4 is 10.9 Å². The number of halogens is 1. The standard InChI is InChI=1S/C14H15FN2/c15-11-2-4-13-10(9-11)1-3-12(17-13)5-6-14(16)7-8-14/h1-4,9H,5-8,16H2. The molecule has 0 saturated heterocycles. The lowest BCUT2D eigenvalue weighted by molar-refractivity contribution is 0.604. The van der Waals surface area contributed by atoms with Crippen molar-refractivity contribution in [3.8, 4) is 0 Å². The van der Waals surface area contributed by atoms with E-state index in [2.05, 4.69) is 4.98 Å². The molecule has 0 spiro atoms. The van der Waals surface area contributed by atoms with E-state index in [0.717, 1.165) is 42.3 Å². The van der Waals surface area contributed by atoms with Gasteiger partial charge in [0.2, 0.25) is 0 Å². The molecule has 1 fully saturated rings. The topological polar surface area (TPSA) is 38.9 Å². The summed E-state index contributed by atoms with van der Waals surface area (Å²) < 4.78 is 13.0. The fraction of sp³-hybridized carbons (Fsp3) is 0.357. The fourth-order valence-corrected chi connectivity index (χ4v) is 2.07. The minimum absolute atomic E-state index is 0.0689. The Morgan fingerprint density at radius 3 is 2.82 bits per heavy atom. The maximum atomic E-state index is 13.0. The van der Waals surface area contributed by atoms with Crippen molar-refractivity contribution in [2.24, 2.45) is 5.73 Å². The summed E-state index contributed by atoms with van der Waals surface area (Å²) in [7, 11) is 0. The molecule has 0 amide bonds. The van der Waals surface area contributed by atoms with Crippen LogP contribution in [0.5, 0.6) is 0 Å². The number of benzene rings is 1. The van der Waals surface area contributed by atoms with Crippen LogP contribution in [-0.4, -0.2) is 10.5 Å². The van der Waals surface area contributed by atoms with Crippen LogP contribution in [-0.2, 0) is 6.42 Å². The molecule has 17 heavy (non-hydrogen) atoms. The predicted octanol–water partition coefficient (Wildman–Crippen LogP) is 2.80. The summed E-state index contributed by atoms with van der Waals surface area (Å²) in [5, 5.41) is 0.850. The first kappa shape index (κ1) is 10.7. The number of hydrogen-bond donors (Lipinski definition) is 1. The average molecular weight is 230 g/mol. The Morgan fingerprint density at radius 1 is 1.24 bits per heavy atom. The third-order valence-corrected chi connectivity index (χ3v) is 3.48. The molecule has 0 radical (unpaired) electrons. The Morgan fingerprint density at radius 2 is 2.06 bits per heavy atom. The number of hydrogen-bond acceptors (Lipinski definition) is 2. The van der Waals surface area contributed by atoms with Crippen LogP contribution >= 0.6 is 0 Å². The van der Waals surface area contributed by atoms with E-state index in [1.54, 1.807) is 6.07 Å². The van der Waals surface area contributed by atoms with Gasteiger partial charge in [-0.25, -0.2) is 4.39 Å². The first-order valence-electron chi connectivity index (χ1n) is 5.99. The van der Waals surface area contributed by atoms with Crippen molar-refractivity contribution in [3.63, 3.8) is 0 Å². The van der Waals surface area contributed by atoms with E-state index in [0.29, 0.717) is 0 Å². The molecule has 2 N–H and O–H groups in total. The molecule has 1 aromatic heterocycles. The van der Waals surface area contributed by atoms with Crippen molar-refractivity contribution in [1.82, 2.24) is 4.98 Å². The Hall–Kier alpha value is -1.48.